The first kappa shape index (κ1) is 6.07. The van der Waals surface area contributed by atoms with Crippen molar-refractivity contribution >= 4 is 27.5 Å². The van der Waals surface area contributed by atoms with Crippen LogP contribution in [0.15, 0.2) is 0 Å². The second kappa shape index (κ2) is 3.27. The SMILES string of the molecule is CC(=O)[O][Sn]=[O]. The fourth-order valence-electron chi connectivity index (χ4n) is 0.0587. The number of hydrogen-bond acceptors (Lipinski definition) is 3. The number of rotatable bonds is 1. The van der Waals surface area contributed by atoms with Gasteiger partial charge >= 0.3 is 45.4 Å². The molecule has 0 aliphatic carbocycles. The Morgan fingerprint density at radius 2 is 2.33 bits per heavy atom. The summed E-state index contributed by atoms with van der Waals surface area (Å²) in [6.07, 6.45) is 0. The second-order valence-electron chi connectivity index (χ2n) is 0.677. The summed E-state index contributed by atoms with van der Waals surface area (Å²) in [5, 5.41) is 0. The van der Waals surface area contributed by atoms with Crippen LogP contribution in [0.3, 0.4) is 0 Å². The van der Waals surface area contributed by atoms with Crippen LogP contribution in [0.25, 0.3) is 0 Å². The van der Waals surface area contributed by atoms with Gasteiger partial charge in [-0.05, 0) is 0 Å². The van der Waals surface area contributed by atoms with Crippen molar-refractivity contribution in [3.05, 3.63) is 0 Å². The molecule has 0 aromatic heterocycles. The fourth-order valence-corrected chi connectivity index (χ4v) is 0.394. The van der Waals surface area contributed by atoms with Crippen LogP contribution in [0.4, 0.5) is 0 Å². The molecule has 0 saturated carbocycles. The molecule has 0 bridgehead atoms. The molecule has 0 N–H and O–H groups in total. The van der Waals surface area contributed by atoms with E-state index >= 15 is 0 Å². The third kappa shape index (κ3) is 4.07. The van der Waals surface area contributed by atoms with Crippen LogP contribution >= 0.6 is 0 Å². The molecule has 0 spiro atoms. The Kier molecular flexibility index (Phi) is 3.30. The van der Waals surface area contributed by atoms with E-state index in [9.17, 15) is 7.87 Å². The molecule has 0 aromatic carbocycles. The van der Waals surface area contributed by atoms with E-state index in [0.29, 0.717) is 0 Å². The first-order chi connectivity index (χ1) is 2.77. The van der Waals surface area contributed by atoms with E-state index in [2.05, 4.69) is 3.07 Å². The van der Waals surface area contributed by atoms with E-state index < -0.39 is 27.5 Å². The molecule has 3 nitrogen and oxygen atoms in total. The first-order valence-electron chi connectivity index (χ1n) is 1.32. The molecule has 0 amide bonds. The van der Waals surface area contributed by atoms with E-state index in [-0.39, 0.29) is 0 Å². The van der Waals surface area contributed by atoms with Crippen LogP contribution < -0.4 is 0 Å². The molecular weight excluding hydrogens is 191 g/mol. The van der Waals surface area contributed by atoms with Gasteiger partial charge in [-0.25, -0.2) is 0 Å². The van der Waals surface area contributed by atoms with Gasteiger partial charge in [0.05, 0.1) is 0 Å². The second-order valence-corrected chi connectivity index (χ2v) is 1.74. The van der Waals surface area contributed by atoms with Gasteiger partial charge in [-0.2, -0.15) is 0 Å². The van der Waals surface area contributed by atoms with Crippen molar-refractivity contribution in [1.29, 1.82) is 0 Å². The molecule has 1 radical (unpaired) electrons. The van der Waals surface area contributed by atoms with Crippen LogP contribution in [0.5, 0.6) is 0 Å². The van der Waals surface area contributed by atoms with E-state index in [0.717, 1.165) is 0 Å². The number of hydrogen-bond donors (Lipinski definition) is 0. The minimum absolute atomic E-state index is 0.448. The summed E-state index contributed by atoms with van der Waals surface area (Å²) in [5.74, 6) is -0.448. The predicted molar refractivity (Wildman–Crippen MR) is 18.2 cm³/mol. The van der Waals surface area contributed by atoms with Gasteiger partial charge in [0.25, 0.3) is 0 Å². The average Bonchev–Trinajstić information content (AvgIpc) is 1.35. The summed E-state index contributed by atoms with van der Waals surface area (Å²) in [6.45, 7) is 1.23. The Labute approximate surface area is 45.8 Å². The monoisotopic (exact) mass is 195 g/mol. The summed E-state index contributed by atoms with van der Waals surface area (Å²) in [5.41, 5.74) is 0. The Morgan fingerprint density at radius 1 is 1.83 bits per heavy atom. The van der Waals surface area contributed by atoms with Gasteiger partial charge in [0.15, 0.2) is 0 Å². The van der Waals surface area contributed by atoms with Crippen LogP contribution in [0.1, 0.15) is 6.92 Å². The number of carbonyl (C=O) groups excluding carboxylic acids is 1. The van der Waals surface area contributed by atoms with E-state index in [1.807, 2.05) is 0 Å². The van der Waals surface area contributed by atoms with Gasteiger partial charge in [-0.15, -0.1) is 0 Å². The molecule has 0 atom stereocenters. The van der Waals surface area contributed by atoms with Gasteiger partial charge in [0, 0.05) is 0 Å². The van der Waals surface area contributed by atoms with Crippen molar-refractivity contribution in [3.8, 4) is 0 Å². The zero-order valence-corrected chi connectivity index (χ0v) is 6.08. The Bertz CT molecular complexity index is 69.2. The zero-order chi connectivity index (χ0) is 4.99. The van der Waals surface area contributed by atoms with Crippen LogP contribution in [-0.2, 0) is 10.9 Å². The summed E-state index contributed by atoms with van der Waals surface area (Å²) >= 11 is -1.95. The normalized spacial score (nSPS) is 6.83. The van der Waals surface area contributed by atoms with Crippen molar-refractivity contribution in [2.45, 2.75) is 6.92 Å². The van der Waals surface area contributed by atoms with Crippen molar-refractivity contribution in [3.63, 3.8) is 0 Å². The maximum atomic E-state index is 9.66. The summed E-state index contributed by atoms with van der Waals surface area (Å²) < 4.78 is 13.5. The summed E-state index contributed by atoms with van der Waals surface area (Å²) in [7, 11) is 0. The van der Waals surface area contributed by atoms with Crippen LogP contribution in [0, 0.1) is 0 Å². The van der Waals surface area contributed by atoms with Gasteiger partial charge < -0.3 is 0 Å². The molecule has 0 fully saturated rings. The molecule has 0 rings (SSSR count). The Balaban J connectivity index is 3.05. The molecule has 33 valence electrons. The zero-order valence-electron chi connectivity index (χ0n) is 3.22. The molecule has 4 heteroatoms. The third-order valence-electron chi connectivity index (χ3n) is 0.185. The van der Waals surface area contributed by atoms with Gasteiger partial charge in [0.1, 0.15) is 0 Å². The summed E-state index contributed by atoms with van der Waals surface area (Å²) in [4.78, 5) is 9.66. The molecule has 6 heavy (non-hydrogen) atoms. The topological polar surface area (TPSA) is 43.4 Å². The van der Waals surface area contributed by atoms with Crippen molar-refractivity contribution in [2.24, 2.45) is 0 Å². The van der Waals surface area contributed by atoms with Gasteiger partial charge in [-0.1, -0.05) is 0 Å². The van der Waals surface area contributed by atoms with Crippen molar-refractivity contribution < 1.29 is 10.9 Å². The standard InChI is InChI=1S/C2H4O2.O.Sn/c1-2(3)4;;/h1H3,(H,3,4);;/q;;+1/p-1. The van der Waals surface area contributed by atoms with Gasteiger partial charge in [0.2, 0.25) is 0 Å². The number of carbonyl (C=O) groups is 1. The van der Waals surface area contributed by atoms with E-state index in [1.54, 1.807) is 0 Å². The molecule has 0 heterocycles. The molecule has 0 aliphatic rings. The molecule has 0 aliphatic heterocycles. The quantitative estimate of drug-likeness (QED) is 0.529. The molecule has 0 aromatic rings. The van der Waals surface area contributed by atoms with E-state index in [1.165, 1.54) is 6.92 Å². The minimum atomic E-state index is -1.95. The molecule has 0 unspecified atom stereocenters. The van der Waals surface area contributed by atoms with Crippen LogP contribution in [0.2, 0.25) is 0 Å². The fraction of sp³-hybridized carbons (Fsp3) is 0.500. The average molecular weight is 194 g/mol. The third-order valence-corrected chi connectivity index (χ3v) is 1.24. The first-order valence-corrected chi connectivity index (χ1v) is 3.65. The van der Waals surface area contributed by atoms with Crippen molar-refractivity contribution in [1.82, 2.24) is 0 Å². The maximum absolute atomic E-state index is 9.66. The van der Waals surface area contributed by atoms with Gasteiger partial charge in [-0.3, -0.25) is 0 Å². The van der Waals surface area contributed by atoms with Crippen LogP contribution in [-0.4, -0.2) is 27.5 Å². The summed E-state index contributed by atoms with van der Waals surface area (Å²) in [6, 6.07) is 0. The Hall–Kier alpha value is 0.0687. The Morgan fingerprint density at radius 3 is 2.33 bits per heavy atom. The van der Waals surface area contributed by atoms with E-state index in [4.69, 9.17) is 0 Å². The predicted octanol–water partition coefficient (Wildman–Crippen LogP) is -0.486. The molecule has 0 saturated heterocycles. The molecular formula is C2H3O3Sn. The van der Waals surface area contributed by atoms with Crippen molar-refractivity contribution in [2.75, 3.05) is 0 Å².